The number of ether oxygens (including phenoxy) is 1. The van der Waals surface area contributed by atoms with E-state index in [-0.39, 0.29) is 4.90 Å². The first kappa shape index (κ1) is 14.8. The molecule has 0 aliphatic carbocycles. The van der Waals surface area contributed by atoms with Gasteiger partial charge in [0.1, 0.15) is 4.90 Å². The molecule has 6 nitrogen and oxygen atoms in total. The van der Waals surface area contributed by atoms with Crippen LogP contribution in [0.1, 0.15) is 0 Å². The summed E-state index contributed by atoms with van der Waals surface area (Å²) in [5, 5.41) is 3.53. The zero-order chi connectivity index (χ0) is 14.7. The predicted molar refractivity (Wildman–Crippen MR) is 84.4 cm³/mol. The number of nitrogens with zero attached hydrogens (tertiary/aromatic N) is 2. The monoisotopic (exact) mass is 327 g/mol. The largest absolute Gasteiger partial charge is 0.379 e. The van der Waals surface area contributed by atoms with Crippen molar-refractivity contribution in [3.05, 3.63) is 24.3 Å². The summed E-state index contributed by atoms with van der Waals surface area (Å²) in [4.78, 5) is 2.55. The third kappa shape index (κ3) is 3.57. The molecule has 0 unspecified atom stereocenters. The SMILES string of the molecule is O=S1(=O)N=C(SCCN2CCOCC2)Nc2ccccc21. The molecule has 0 bridgehead atoms. The zero-order valence-electron chi connectivity index (χ0n) is 11.5. The van der Waals surface area contributed by atoms with E-state index in [1.54, 1.807) is 18.2 Å². The van der Waals surface area contributed by atoms with E-state index in [2.05, 4.69) is 14.6 Å². The molecule has 0 atom stereocenters. The van der Waals surface area contributed by atoms with Gasteiger partial charge in [0.15, 0.2) is 5.17 Å². The van der Waals surface area contributed by atoms with Gasteiger partial charge in [0.05, 0.1) is 18.9 Å². The Bertz CT molecular complexity index is 640. The Kier molecular flexibility index (Phi) is 4.48. The Morgan fingerprint density at radius 2 is 2.05 bits per heavy atom. The molecular weight excluding hydrogens is 310 g/mol. The summed E-state index contributed by atoms with van der Waals surface area (Å²) >= 11 is 1.43. The van der Waals surface area contributed by atoms with Crippen molar-refractivity contribution >= 4 is 32.6 Å². The van der Waals surface area contributed by atoms with E-state index in [1.807, 2.05) is 6.07 Å². The fourth-order valence-corrected chi connectivity index (χ4v) is 4.49. The Hall–Kier alpha value is -1.09. The van der Waals surface area contributed by atoms with Crippen molar-refractivity contribution in [1.29, 1.82) is 0 Å². The maximum absolute atomic E-state index is 12.1. The molecule has 1 aromatic carbocycles. The van der Waals surface area contributed by atoms with Crippen LogP contribution in [-0.2, 0) is 14.8 Å². The fourth-order valence-electron chi connectivity index (χ4n) is 2.25. The van der Waals surface area contributed by atoms with Crippen LogP contribution in [0.2, 0.25) is 0 Å². The molecule has 1 aromatic rings. The van der Waals surface area contributed by atoms with Gasteiger partial charge in [-0.05, 0) is 12.1 Å². The molecule has 2 aliphatic rings. The molecular formula is C13H17N3O3S2. The van der Waals surface area contributed by atoms with Gasteiger partial charge >= 0.3 is 0 Å². The summed E-state index contributed by atoms with van der Waals surface area (Å²) in [6.45, 7) is 4.30. The second kappa shape index (κ2) is 6.35. The highest BCUT2D eigenvalue weighted by Crippen LogP contribution is 2.28. The van der Waals surface area contributed by atoms with Gasteiger partial charge in [-0.25, -0.2) is 0 Å². The number of hydrogen-bond acceptors (Lipinski definition) is 6. The average molecular weight is 327 g/mol. The molecule has 1 fully saturated rings. The minimum Gasteiger partial charge on any atom is -0.379 e. The summed E-state index contributed by atoms with van der Waals surface area (Å²) in [6, 6.07) is 6.83. The maximum Gasteiger partial charge on any atom is 0.286 e. The molecule has 1 N–H and O–H groups in total. The maximum atomic E-state index is 12.1. The molecule has 1 saturated heterocycles. The van der Waals surface area contributed by atoms with Crippen LogP contribution in [0.25, 0.3) is 0 Å². The molecule has 0 amide bonds. The molecule has 2 aliphatic heterocycles. The van der Waals surface area contributed by atoms with Crippen LogP contribution in [0.3, 0.4) is 0 Å². The third-order valence-electron chi connectivity index (χ3n) is 3.36. The summed E-state index contributed by atoms with van der Waals surface area (Å²) in [7, 11) is -3.58. The molecule has 3 rings (SSSR count). The number of para-hydroxylation sites is 1. The Labute approximate surface area is 128 Å². The van der Waals surface area contributed by atoms with E-state index >= 15 is 0 Å². The van der Waals surface area contributed by atoms with Gasteiger partial charge in [-0.3, -0.25) is 4.90 Å². The van der Waals surface area contributed by atoms with Gasteiger partial charge < -0.3 is 10.1 Å². The van der Waals surface area contributed by atoms with Crippen molar-refractivity contribution in [3.8, 4) is 0 Å². The van der Waals surface area contributed by atoms with Gasteiger partial charge in [0.2, 0.25) is 0 Å². The summed E-state index contributed by atoms with van der Waals surface area (Å²) in [5.41, 5.74) is 0.598. The number of nitrogens with one attached hydrogen (secondary N) is 1. The van der Waals surface area contributed by atoms with E-state index in [4.69, 9.17) is 4.74 Å². The molecule has 0 spiro atoms. The third-order valence-corrected chi connectivity index (χ3v) is 5.66. The van der Waals surface area contributed by atoms with Gasteiger partial charge in [-0.1, -0.05) is 23.9 Å². The number of benzene rings is 1. The summed E-state index contributed by atoms with van der Waals surface area (Å²) < 4.78 is 33.3. The van der Waals surface area contributed by atoms with E-state index < -0.39 is 10.0 Å². The van der Waals surface area contributed by atoms with Crippen LogP contribution in [-0.4, -0.2) is 57.1 Å². The standard InChI is InChI=1S/C13H17N3O3S2/c17-21(18)12-4-2-1-3-11(12)14-13(15-21)20-10-7-16-5-8-19-9-6-16/h1-4H,5-10H2,(H,14,15). The summed E-state index contributed by atoms with van der Waals surface area (Å²) in [6.07, 6.45) is 0. The Morgan fingerprint density at radius 3 is 2.86 bits per heavy atom. The van der Waals surface area contributed by atoms with Crippen LogP contribution in [0.5, 0.6) is 0 Å². The van der Waals surface area contributed by atoms with Gasteiger partial charge in [-0.2, -0.15) is 8.42 Å². The normalized spacial score (nSPS) is 21.2. The topological polar surface area (TPSA) is 71.0 Å². The zero-order valence-corrected chi connectivity index (χ0v) is 13.1. The minimum absolute atomic E-state index is 0.238. The van der Waals surface area contributed by atoms with Crippen molar-refractivity contribution < 1.29 is 13.2 Å². The van der Waals surface area contributed by atoms with E-state index in [0.29, 0.717) is 10.9 Å². The van der Waals surface area contributed by atoms with Crippen LogP contribution in [0.15, 0.2) is 33.6 Å². The second-order valence-electron chi connectivity index (χ2n) is 4.80. The Morgan fingerprint density at radius 1 is 1.29 bits per heavy atom. The van der Waals surface area contributed by atoms with Crippen molar-refractivity contribution in [1.82, 2.24) is 4.90 Å². The molecule has 0 radical (unpaired) electrons. The lowest BCUT2D eigenvalue weighted by molar-refractivity contribution is 0.0410. The minimum atomic E-state index is -3.58. The smallest absolute Gasteiger partial charge is 0.286 e. The number of amidine groups is 1. The van der Waals surface area contributed by atoms with Crippen molar-refractivity contribution in [2.24, 2.45) is 4.40 Å². The van der Waals surface area contributed by atoms with Crippen LogP contribution in [0, 0.1) is 0 Å². The number of rotatable bonds is 3. The number of hydrogen-bond donors (Lipinski definition) is 1. The molecule has 114 valence electrons. The first-order valence-corrected chi connectivity index (χ1v) is 9.22. The highest BCUT2D eigenvalue weighted by atomic mass is 32.2. The Balaban J connectivity index is 1.61. The van der Waals surface area contributed by atoms with Crippen LogP contribution in [0.4, 0.5) is 5.69 Å². The highest BCUT2D eigenvalue weighted by molar-refractivity contribution is 8.14. The first-order chi connectivity index (χ1) is 10.1. The van der Waals surface area contributed by atoms with Gasteiger partial charge in [-0.15, -0.1) is 4.40 Å². The van der Waals surface area contributed by atoms with Gasteiger partial charge in [0, 0.05) is 25.4 Å². The van der Waals surface area contributed by atoms with E-state index in [0.717, 1.165) is 38.6 Å². The van der Waals surface area contributed by atoms with E-state index in [1.165, 1.54) is 11.8 Å². The lowest BCUT2D eigenvalue weighted by Crippen LogP contribution is -2.37. The number of thioether (sulfide) groups is 1. The molecule has 0 saturated carbocycles. The number of sulfonamides is 1. The molecule has 8 heteroatoms. The highest BCUT2D eigenvalue weighted by Gasteiger charge is 2.24. The quantitative estimate of drug-likeness (QED) is 0.900. The van der Waals surface area contributed by atoms with E-state index in [9.17, 15) is 8.42 Å². The average Bonchev–Trinajstić information content (AvgIpc) is 2.48. The van der Waals surface area contributed by atoms with Crippen LogP contribution >= 0.6 is 11.8 Å². The molecule has 2 heterocycles. The fraction of sp³-hybridized carbons (Fsp3) is 0.462. The van der Waals surface area contributed by atoms with Crippen LogP contribution < -0.4 is 5.32 Å². The van der Waals surface area contributed by atoms with Crippen molar-refractivity contribution in [3.63, 3.8) is 0 Å². The lowest BCUT2D eigenvalue weighted by Gasteiger charge is -2.26. The predicted octanol–water partition coefficient (Wildman–Crippen LogP) is 1.22. The lowest BCUT2D eigenvalue weighted by atomic mass is 10.3. The number of fused-ring (bicyclic) bond motifs is 1. The summed E-state index contributed by atoms with van der Waals surface area (Å²) in [5.74, 6) is 0.795. The molecule has 21 heavy (non-hydrogen) atoms. The number of anilines is 1. The van der Waals surface area contributed by atoms with Crippen molar-refractivity contribution in [2.45, 2.75) is 4.90 Å². The van der Waals surface area contributed by atoms with Gasteiger partial charge in [0.25, 0.3) is 10.0 Å². The second-order valence-corrected chi connectivity index (χ2v) is 7.45. The molecule has 0 aromatic heterocycles. The first-order valence-electron chi connectivity index (χ1n) is 6.79. The van der Waals surface area contributed by atoms with Crippen molar-refractivity contribution in [2.75, 3.05) is 43.9 Å². The number of morpholine rings is 1.